The maximum atomic E-state index is 11.1. The van der Waals surface area contributed by atoms with Crippen LogP contribution in [0.4, 0.5) is 0 Å². The van der Waals surface area contributed by atoms with Gasteiger partial charge in [0.15, 0.2) is 0 Å². The van der Waals surface area contributed by atoms with E-state index < -0.39 is 5.97 Å². The van der Waals surface area contributed by atoms with Crippen molar-refractivity contribution >= 4 is 17.0 Å². The Morgan fingerprint density at radius 3 is 2.67 bits per heavy atom. The van der Waals surface area contributed by atoms with Gasteiger partial charge in [-0.2, -0.15) is 0 Å². The van der Waals surface area contributed by atoms with Gasteiger partial charge in [0.05, 0.1) is 29.2 Å². The Labute approximate surface area is 124 Å². The van der Waals surface area contributed by atoms with Crippen molar-refractivity contribution < 1.29 is 14.6 Å². The summed E-state index contributed by atoms with van der Waals surface area (Å²) in [6, 6.07) is 5.30. The average molecular weight is 290 g/mol. The second-order valence-corrected chi connectivity index (χ2v) is 5.53. The second kappa shape index (κ2) is 6.26. The zero-order chi connectivity index (χ0) is 15.6. The summed E-state index contributed by atoms with van der Waals surface area (Å²) >= 11 is 0. The molecular weight excluding hydrogens is 268 g/mol. The SMILES string of the molecule is CCc1nc2cc(C(=O)O)ccc2n1C(COC)C(C)C. The number of benzene rings is 1. The molecule has 21 heavy (non-hydrogen) atoms. The molecule has 114 valence electrons. The van der Waals surface area contributed by atoms with Gasteiger partial charge in [-0.1, -0.05) is 20.8 Å². The Hall–Kier alpha value is -1.88. The van der Waals surface area contributed by atoms with Crippen molar-refractivity contribution in [2.45, 2.75) is 33.2 Å². The number of imidazole rings is 1. The van der Waals surface area contributed by atoms with Crippen molar-refractivity contribution in [2.75, 3.05) is 13.7 Å². The molecule has 1 N–H and O–H groups in total. The first-order valence-corrected chi connectivity index (χ1v) is 7.22. The molecule has 0 spiro atoms. The number of hydrogen-bond acceptors (Lipinski definition) is 3. The quantitative estimate of drug-likeness (QED) is 0.887. The van der Waals surface area contributed by atoms with Gasteiger partial charge in [-0.15, -0.1) is 0 Å². The number of hydrogen-bond donors (Lipinski definition) is 1. The van der Waals surface area contributed by atoms with Gasteiger partial charge in [-0.3, -0.25) is 0 Å². The third kappa shape index (κ3) is 2.93. The molecule has 0 aliphatic heterocycles. The molecule has 0 saturated carbocycles. The zero-order valence-electron chi connectivity index (χ0n) is 13.0. The minimum atomic E-state index is -0.929. The van der Waals surface area contributed by atoms with Gasteiger partial charge in [0.2, 0.25) is 0 Å². The van der Waals surface area contributed by atoms with Gasteiger partial charge >= 0.3 is 5.97 Å². The number of aromatic carboxylic acids is 1. The first-order chi connectivity index (χ1) is 9.99. The highest BCUT2D eigenvalue weighted by molar-refractivity contribution is 5.92. The lowest BCUT2D eigenvalue weighted by Gasteiger charge is -2.24. The number of ether oxygens (including phenoxy) is 1. The summed E-state index contributed by atoms with van der Waals surface area (Å²) in [7, 11) is 1.70. The van der Waals surface area contributed by atoms with Crippen LogP contribution in [0.25, 0.3) is 11.0 Å². The number of nitrogens with zero attached hydrogens (tertiary/aromatic N) is 2. The van der Waals surface area contributed by atoms with Gasteiger partial charge in [-0.25, -0.2) is 9.78 Å². The van der Waals surface area contributed by atoms with Gasteiger partial charge in [0.1, 0.15) is 5.82 Å². The third-order valence-corrected chi connectivity index (χ3v) is 3.76. The van der Waals surface area contributed by atoms with Crippen LogP contribution in [0.5, 0.6) is 0 Å². The summed E-state index contributed by atoms with van der Waals surface area (Å²) < 4.78 is 7.55. The molecule has 5 nitrogen and oxygen atoms in total. The van der Waals surface area contributed by atoms with E-state index in [4.69, 9.17) is 9.84 Å². The number of carboxylic acid groups (broad SMARTS) is 1. The second-order valence-electron chi connectivity index (χ2n) is 5.53. The topological polar surface area (TPSA) is 64.3 Å². The fraction of sp³-hybridized carbons (Fsp3) is 0.500. The first kappa shape index (κ1) is 15.5. The molecule has 0 saturated heterocycles. The van der Waals surface area contributed by atoms with Gasteiger partial charge in [-0.05, 0) is 24.1 Å². The summed E-state index contributed by atoms with van der Waals surface area (Å²) in [4.78, 5) is 15.7. The molecule has 0 aliphatic rings. The Balaban J connectivity index is 2.63. The van der Waals surface area contributed by atoms with Crippen molar-refractivity contribution in [3.63, 3.8) is 0 Å². The van der Waals surface area contributed by atoms with Crippen LogP contribution in [-0.4, -0.2) is 34.3 Å². The van der Waals surface area contributed by atoms with E-state index >= 15 is 0 Å². The molecule has 0 bridgehead atoms. The summed E-state index contributed by atoms with van der Waals surface area (Å²) in [5.41, 5.74) is 1.96. The van der Waals surface area contributed by atoms with Crippen LogP contribution in [-0.2, 0) is 11.2 Å². The zero-order valence-corrected chi connectivity index (χ0v) is 13.0. The molecule has 1 heterocycles. The van der Waals surface area contributed by atoms with Crippen molar-refractivity contribution in [3.05, 3.63) is 29.6 Å². The summed E-state index contributed by atoms with van der Waals surface area (Å²) in [5.74, 6) is 0.428. The van der Waals surface area contributed by atoms with E-state index in [0.29, 0.717) is 12.5 Å². The molecule has 2 aromatic rings. The number of aromatic nitrogens is 2. The summed E-state index contributed by atoms with van der Waals surface area (Å²) in [6.07, 6.45) is 0.796. The lowest BCUT2D eigenvalue weighted by atomic mass is 10.0. The summed E-state index contributed by atoms with van der Waals surface area (Å²) in [5, 5.41) is 9.10. The number of carboxylic acids is 1. The van der Waals surface area contributed by atoms with Crippen molar-refractivity contribution in [3.8, 4) is 0 Å². The molecule has 2 rings (SSSR count). The Morgan fingerprint density at radius 2 is 2.14 bits per heavy atom. The van der Waals surface area contributed by atoms with Gasteiger partial charge in [0, 0.05) is 13.5 Å². The number of fused-ring (bicyclic) bond motifs is 1. The van der Waals surface area contributed by atoms with Gasteiger partial charge in [0.25, 0.3) is 0 Å². The maximum absolute atomic E-state index is 11.1. The van der Waals surface area contributed by atoms with Crippen molar-refractivity contribution in [1.29, 1.82) is 0 Å². The fourth-order valence-corrected chi connectivity index (χ4v) is 2.64. The van der Waals surface area contributed by atoms with E-state index in [1.165, 1.54) is 0 Å². The monoisotopic (exact) mass is 290 g/mol. The molecule has 0 radical (unpaired) electrons. The minimum absolute atomic E-state index is 0.186. The average Bonchev–Trinajstić information content (AvgIpc) is 2.81. The first-order valence-electron chi connectivity index (χ1n) is 7.22. The third-order valence-electron chi connectivity index (χ3n) is 3.76. The largest absolute Gasteiger partial charge is 0.478 e. The number of carbonyl (C=O) groups is 1. The van der Waals surface area contributed by atoms with Crippen molar-refractivity contribution in [1.82, 2.24) is 9.55 Å². The predicted octanol–water partition coefficient (Wildman–Crippen LogP) is 3.14. The van der Waals surface area contributed by atoms with Crippen LogP contribution >= 0.6 is 0 Å². The van der Waals surface area contributed by atoms with Crippen molar-refractivity contribution in [2.24, 2.45) is 5.92 Å². The van der Waals surface area contributed by atoms with Crippen LogP contribution in [0.1, 0.15) is 43.0 Å². The molecule has 0 aliphatic carbocycles. The molecule has 5 heteroatoms. The van der Waals surface area contributed by atoms with Gasteiger partial charge < -0.3 is 14.4 Å². The molecular formula is C16H22N2O3. The highest BCUT2D eigenvalue weighted by Gasteiger charge is 2.22. The van der Waals surface area contributed by atoms with Crippen LogP contribution in [0.3, 0.4) is 0 Å². The van der Waals surface area contributed by atoms with Crippen LogP contribution < -0.4 is 0 Å². The fourth-order valence-electron chi connectivity index (χ4n) is 2.64. The molecule has 1 aromatic carbocycles. The van der Waals surface area contributed by atoms with E-state index in [2.05, 4.69) is 30.3 Å². The molecule has 0 amide bonds. The number of rotatable bonds is 6. The lowest BCUT2D eigenvalue weighted by Crippen LogP contribution is -2.22. The van der Waals surface area contributed by atoms with Crippen LogP contribution in [0.15, 0.2) is 18.2 Å². The van der Waals surface area contributed by atoms with E-state index in [1.807, 2.05) is 6.07 Å². The summed E-state index contributed by atoms with van der Waals surface area (Å²) in [6.45, 7) is 6.97. The predicted molar refractivity (Wildman–Crippen MR) is 81.8 cm³/mol. The smallest absolute Gasteiger partial charge is 0.335 e. The Bertz CT molecular complexity index is 646. The standard InChI is InChI=1S/C16H22N2O3/c1-5-15-17-12-8-11(16(19)20)6-7-13(12)18(15)14(9-21-4)10(2)3/h6-8,10,14H,5,9H2,1-4H3,(H,19,20). The molecule has 0 fully saturated rings. The Kier molecular flexibility index (Phi) is 4.63. The van der Waals surface area contributed by atoms with Crippen LogP contribution in [0, 0.1) is 5.92 Å². The normalized spacial score (nSPS) is 13.0. The van der Waals surface area contributed by atoms with Crippen LogP contribution in [0.2, 0.25) is 0 Å². The van der Waals surface area contributed by atoms with E-state index in [1.54, 1.807) is 19.2 Å². The molecule has 1 atom stereocenters. The number of aryl methyl sites for hydroxylation is 1. The highest BCUT2D eigenvalue weighted by Crippen LogP contribution is 2.27. The highest BCUT2D eigenvalue weighted by atomic mass is 16.5. The van der Waals surface area contributed by atoms with E-state index in [0.717, 1.165) is 23.3 Å². The Morgan fingerprint density at radius 1 is 1.43 bits per heavy atom. The number of methoxy groups -OCH3 is 1. The minimum Gasteiger partial charge on any atom is -0.478 e. The molecule has 1 aromatic heterocycles. The van der Waals surface area contributed by atoms with E-state index in [-0.39, 0.29) is 11.6 Å². The van der Waals surface area contributed by atoms with E-state index in [9.17, 15) is 4.79 Å². The maximum Gasteiger partial charge on any atom is 0.335 e. The molecule has 1 unspecified atom stereocenters. The lowest BCUT2D eigenvalue weighted by molar-refractivity contribution is 0.0697.